The van der Waals surface area contributed by atoms with Gasteiger partial charge in [-0.05, 0) is 117 Å². The summed E-state index contributed by atoms with van der Waals surface area (Å²) in [6, 6.07) is 23.5. The van der Waals surface area contributed by atoms with Crippen molar-refractivity contribution in [3.63, 3.8) is 0 Å². The number of amides is 2. The van der Waals surface area contributed by atoms with Gasteiger partial charge in [0.25, 0.3) is 5.69 Å². The number of nitrogens with zero attached hydrogens (tertiary/aromatic N) is 3. The number of benzene rings is 4. The molecule has 6 atom stereocenters. The number of nitro benzene ring substituents is 1. The maximum Gasteiger partial charge on any atom is 0.416 e. The van der Waals surface area contributed by atoms with Crippen LogP contribution in [-0.2, 0) is 16.1 Å². The predicted molar refractivity (Wildman–Crippen MR) is 254 cm³/mol. The average molecular weight is 919 g/mol. The van der Waals surface area contributed by atoms with Gasteiger partial charge in [0.2, 0.25) is 5.79 Å². The van der Waals surface area contributed by atoms with Crippen LogP contribution in [0.15, 0.2) is 114 Å². The van der Waals surface area contributed by atoms with E-state index in [1.54, 1.807) is 23.1 Å². The van der Waals surface area contributed by atoms with Crippen molar-refractivity contribution in [1.82, 2.24) is 10.2 Å². The summed E-state index contributed by atoms with van der Waals surface area (Å²) in [6.45, 7) is 12.1. The Kier molecular flexibility index (Phi) is 15.6. The number of hydrogen-bond acceptors (Lipinski definition) is 12. The number of fused-ring (bicyclic) bond motifs is 3. The van der Waals surface area contributed by atoms with Gasteiger partial charge in [0.15, 0.2) is 0 Å². The molecular weight excluding hydrogens is 857 g/mol. The number of non-ortho nitro benzene ring substituents is 1. The fraction of sp³-hybridized carbons (Fsp3) is 0.442. The maximum atomic E-state index is 15.3. The molecule has 0 aromatic heterocycles. The fourth-order valence-corrected chi connectivity index (χ4v) is 9.90. The Morgan fingerprint density at radius 3 is 2.39 bits per heavy atom. The molecule has 7 rings (SSSR count). The minimum absolute atomic E-state index is 0.0245. The van der Waals surface area contributed by atoms with Gasteiger partial charge < -0.3 is 39.3 Å². The van der Waals surface area contributed by atoms with Crippen LogP contribution >= 0.6 is 0 Å². The molecule has 1 saturated carbocycles. The van der Waals surface area contributed by atoms with Gasteiger partial charge in [-0.15, -0.1) is 6.58 Å². The predicted octanol–water partition coefficient (Wildman–Crippen LogP) is 9.99. The summed E-state index contributed by atoms with van der Waals surface area (Å²) in [4.78, 5) is 47.1. The zero-order valence-corrected chi connectivity index (χ0v) is 38.7. The van der Waals surface area contributed by atoms with E-state index < -0.39 is 46.4 Å². The van der Waals surface area contributed by atoms with Crippen molar-refractivity contribution in [3.8, 4) is 17.2 Å². The Morgan fingerprint density at radius 1 is 0.970 bits per heavy atom. The molecule has 4 aromatic rings. The average Bonchev–Trinajstić information content (AvgIpc) is 3.30. The number of nitro groups is 1. The molecule has 356 valence electrons. The Balaban J connectivity index is 1.49. The van der Waals surface area contributed by atoms with E-state index in [1.165, 1.54) is 24.3 Å². The molecule has 6 unspecified atom stereocenters. The van der Waals surface area contributed by atoms with Crippen LogP contribution in [0.25, 0.3) is 10.8 Å². The zero-order chi connectivity index (χ0) is 47.7. The number of unbranched alkanes of at least 4 members (excludes halogenated alkanes) is 2. The number of hydrogen-bond donors (Lipinski definition) is 3. The molecule has 4 aromatic carbocycles. The molecule has 3 aliphatic rings. The molecule has 67 heavy (non-hydrogen) atoms. The van der Waals surface area contributed by atoms with Crippen LogP contribution in [0.5, 0.6) is 17.2 Å². The molecule has 3 N–H and O–H groups in total. The summed E-state index contributed by atoms with van der Waals surface area (Å²) < 4.78 is 26.5. The van der Waals surface area contributed by atoms with Crippen LogP contribution in [0, 0.1) is 27.9 Å². The van der Waals surface area contributed by atoms with E-state index in [-0.39, 0.29) is 56.1 Å². The molecule has 0 radical (unpaired) electrons. The van der Waals surface area contributed by atoms with Gasteiger partial charge in [-0.3, -0.25) is 15.0 Å². The van der Waals surface area contributed by atoms with E-state index in [4.69, 9.17) is 28.9 Å². The summed E-state index contributed by atoms with van der Waals surface area (Å²) in [5, 5.41) is 41.1. The first-order valence-electron chi connectivity index (χ1n) is 23.2. The maximum absolute atomic E-state index is 15.3. The van der Waals surface area contributed by atoms with Gasteiger partial charge in [-0.2, -0.15) is 0 Å². The lowest BCUT2D eigenvalue weighted by Gasteiger charge is -2.60. The number of oxime groups is 1. The lowest BCUT2D eigenvalue weighted by atomic mass is 9.55. The van der Waals surface area contributed by atoms with Crippen molar-refractivity contribution >= 4 is 34.4 Å². The lowest BCUT2D eigenvalue weighted by molar-refractivity contribution is -0.384. The van der Waals surface area contributed by atoms with Gasteiger partial charge >= 0.3 is 12.2 Å². The van der Waals surface area contributed by atoms with Gasteiger partial charge in [-0.25, -0.2) is 9.59 Å². The molecule has 15 heteroatoms. The van der Waals surface area contributed by atoms with E-state index in [9.17, 15) is 25.1 Å². The van der Waals surface area contributed by atoms with Gasteiger partial charge in [0.1, 0.15) is 28.9 Å². The topological polar surface area (TPSA) is 192 Å². The van der Waals surface area contributed by atoms with Crippen molar-refractivity contribution in [1.29, 1.82) is 0 Å². The summed E-state index contributed by atoms with van der Waals surface area (Å²) >= 11 is 0. The Hall–Kier alpha value is -6.29. The molecule has 2 aliphatic carbocycles. The summed E-state index contributed by atoms with van der Waals surface area (Å²) in [6.07, 6.45) is 6.73. The first-order valence-corrected chi connectivity index (χ1v) is 23.2. The van der Waals surface area contributed by atoms with E-state index in [2.05, 4.69) is 18.0 Å². The third-order valence-electron chi connectivity index (χ3n) is 12.7. The molecular formula is C52H62N4O11. The number of rotatable bonds is 19. The molecule has 0 spiro atoms. The number of aliphatic hydroxyl groups is 2. The molecule has 1 fully saturated rings. The van der Waals surface area contributed by atoms with Gasteiger partial charge in [-0.1, -0.05) is 72.6 Å². The van der Waals surface area contributed by atoms with Gasteiger partial charge in [0, 0.05) is 49.8 Å². The summed E-state index contributed by atoms with van der Waals surface area (Å²) in [5.41, 5.74) is 2.16. The van der Waals surface area contributed by atoms with Crippen LogP contribution in [0.3, 0.4) is 0 Å². The zero-order valence-electron chi connectivity index (χ0n) is 38.7. The highest BCUT2D eigenvalue weighted by Gasteiger charge is 2.66. The quantitative estimate of drug-likeness (QED) is 0.0351. The molecule has 1 aliphatic heterocycles. The lowest BCUT2D eigenvalue weighted by Crippen LogP contribution is -2.70. The second-order valence-electron chi connectivity index (χ2n) is 18.3. The van der Waals surface area contributed by atoms with Crippen molar-refractivity contribution in [2.45, 2.75) is 103 Å². The number of allylic oxidation sites excluding steroid dienone is 1. The van der Waals surface area contributed by atoms with E-state index in [0.29, 0.717) is 49.4 Å². The third-order valence-corrected chi connectivity index (χ3v) is 12.7. The van der Waals surface area contributed by atoms with Crippen LogP contribution < -0.4 is 19.5 Å². The monoisotopic (exact) mass is 918 g/mol. The fourth-order valence-electron chi connectivity index (χ4n) is 9.90. The van der Waals surface area contributed by atoms with Crippen LogP contribution in [-0.4, -0.2) is 81.7 Å². The van der Waals surface area contributed by atoms with Crippen molar-refractivity contribution in [2.24, 2.45) is 22.9 Å². The van der Waals surface area contributed by atoms with Crippen LogP contribution in [0.4, 0.5) is 15.3 Å². The summed E-state index contributed by atoms with van der Waals surface area (Å²) in [5.74, 6) is -1.92. The highest BCUT2D eigenvalue weighted by atomic mass is 16.7. The molecule has 0 saturated heterocycles. The molecule has 2 amide bonds. The first kappa shape index (κ1) is 48.6. The van der Waals surface area contributed by atoms with Crippen molar-refractivity contribution in [3.05, 3.63) is 130 Å². The number of nitrogens with one attached hydrogen (secondary N) is 1. The van der Waals surface area contributed by atoms with Gasteiger partial charge in [0.05, 0.1) is 29.7 Å². The Bertz CT molecular complexity index is 2460. The SMILES string of the molecule is C=CCOC12Oc3ccc(OC(=O)NCC)cc3C3C(CCCCO)C(CCCCO)C=C(C(=NOC(C)(C)C)CC1N(Cc1cccc4ccccc14)C(=O)Oc1ccc([N+](=O)[O-])cc1)C32. The largest absolute Gasteiger partial charge is 0.459 e. The minimum atomic E-state index is -1.63. The molecule has 1 heterocycles. The smallest absolute Gasteiger partial charge is 0.416 e. The van der Waals surface area contributed by atoms with E-state index in [1.807, 2.05) is 76.2 Å². The standard InChI is InChI=1S/C52H62N4O11/c1-6-29-63-52-46(55(33-36-18-14-17-34-15-8-9-19-40(34)36)50(60)65-38-23-21-37(22-24-38)56(61)62)32-44(54-67-51(3,4)5)42-30-35(16-10-12-27-57)41(20-11-13-28-58)47(48(42)52)43-31-39(25-26-45(43)66-52)64-49(59)53-7-2/h6,8-9,14-15,17-19,21-26,30-31,35,41,46-48,57-58H,1,7,10-13,16,20,27-29,32-33H2,2-5H3,(H,53,59). The molecule has 15 nitrogen and oxygen atoms in total. The summed E-state index contributed by atoms with van der Waals surface area (Å²) in [7, 11) is 0. The second kappa shape index (κ2) is 21.6. The highest BCUT2D eigenvalue weighted by Crippen LogP contribution is 2.62. The Labute approximate surface area is 391 Å². The van der Waals surface area contributed by atoms with Crippen molar-refractivity contribution in [2.75, 3.05) is 26.4 Å². The number of aliphatic hydroxyl groups excluding tert-OH is 2. The number of carbonyl (C=O) groups is 2. The van der Waals surface area contributed by atoms with E-state index in [0.717, 1.165) is 40.3 Å². The second-order valence-corrected chi connectivity index (χ2v) is 18.3. The highest BCUT2D eigenvalue weighted by molar-refractivity contribution is 6.03. The molecule has 0 bridgehead atoms. The van der Waals surface area contributed by atoms with Crippen molar-refractivity contribution < 1.29 is 48.5 Å². The Morgan fingerprint density at radius 2 is 1.69 bits per heavy atom. The van der Waals surface area contributed by atoms with Crippen LogP contribution in [0.2, 0.25) is 0 Å². The third kappa shape index (κ3) is 11.0. The minimum Gasteiger partial charge on any atom is -0.459 e. The normalized spacial score (nSPS) is 22.4. The number of ether oxygens (including phenoxy) is 4. The number of carbonyl (C=O) groups excluding carboxylic acids is 2. The van der Waals surface area contributed by atoms with E-state index >= 15 is 4.79 Å². The van der Waals surface area contributed by atoms with Crippen LogP contribution in [0.1, 0.15) is 89.7 Å². The first-order chi connectivity index (χ1) is 32.3.